The fourth-order valence-corrected chi connectivity index (χ4v) is 6.60. The van der Waals surface area contributed by atoms with Gasteiger partial charge in [0.15, 0.2) is 0 Å². The van der Waals surface area contributed by atoms with Crippen LogP contribution < -0.4 is 19.9 Å². The van der Waals surface area contributed by atoms with Gasteiger partial charge in [0.1, 0.15) is 28.0 Å². The number of methoxy groups -OCH3 is 1. The van der Waals surface area contributed by atoms with Gasteiger partial charge in [-0.25, -0.2) is 27.2 Å². The summed E-state index contributed by atoms with van der Waals surface area (Å²) in [4.78, 5) is 7.81. The molecule has 12 nitrogen and oxygen atoms in total. The maximum absolute atomic E-state index is 14.2. The van der Waals surface area contributed by atoms with Crippen LogP contribution in [-0.4, -0.2) is 64.5 Å². The number of nitrogens with zero attached hydrogens (tertiary/aromatic N) is 3. The lowest BCUT2D eigenvalue weighted by Crippen LogP contribution is -2.46. The molecule has 1 aliphatic heterocycles. The molecular weight excluding hydrogens is 594 g/mol. The normalized spacial score (nSPS) is 14.6. The van der Waals surface area contributed by atoms with E-state index in [1.54, 1.807) is 24.3 Å². The Morgan fingerprint density at radius 3 is 2.50 bits per heavy atom. The van der Waals surface area contributed by atoms with Gasteiger partial charge in [0.2, 0.25) is 5.88 Å². The number of fused-ring (bicyclic) bond motifs is 1. The molecule has 4 N–H and O–H groups in total. The molecule has 0 bridgehead atoms. The number of anilines is 2. The van der Waals surface area contributed by atoms with Crippen molar-refractivity contribution in [3.63, 3.8) is 0 Å². The number of aromatic nitrogens is 2. The number of rotatable bonds is 9. The molecule has 42 heavy (non-hydrogen) atoms. The number of hydrogen-bond donors (Lipinski definition) is 3. The summed E-state index contributed by atoms with van der Waals surface area (Å²) in [5.74, 6) is -2.08. The fourth-order valence-electron chi connectivity index (χ4n) is 4.34. The Labute approximate surface area is 240 Å². The Morgan fingerprint density at radius 2 is 1.79 bits per heavy atom. The van der Waals surface area contributed by atoms with Crippen LogP contribution in [0, 0.1) is 11.6 Å². The van der Waals surface area contributed by atoms with Crippen molar-refractivity contribution in [3.05, 3.63) is 71.9 Å². The van der Waals surface area contributed by atoms with Crippen LogP contribution in [-0.2, 0) is 31.5 Å². The van der Waals surface area contributed by atoms with Crippen LogP contribution in [0.15, 0.2) is 59.6 Å². The number of halogens is 2. The molecule has 0 atom stereocenters. The van der Waals surface area contributed by atoms with Crippen molar-refractivity contribution in [3.8, 4) is 17.0 Å². The largest absolute Gasteiger partial charge is 0.480 e. The van der Waals surface area contributed by atoms with Crippen LogP contribution in [0.2, 0.25) is 0 Å². The number of benzene rings is 2. The van der Waals surface area contributed by atoms with Gasteiger partial charge in [0, 0.05) is 48.4 Å². The first kappa shape index (κ1) is 29.5. The van der Waals surface area contributed by atoms with Crippen LogP contribution in [0.5, 0.6) is 5.88 Å². The van der Waals surface area contributed by atoms with E-state index < -0.39 is 36.8 Å². The average molecular weight is 621 g/mol. The van der Waals surface area contributed by atoms with Crippen LogP contribution >= 0.6 is 0 Å². The third kappa shape index (κ3) is 6.27. The molecule has 3 heterocycles. The minimum absolute atomic E-state index is 0.0742. The second-order valence-electron chi connectivity index (χ2n) is 9.24. The first-order chi connectivity index (χ1) is 20.0. The van der Waals surface area contributed by atoms with Crippen molar-refractivity contribution in [1.82, 2.24) is 19.0 Å². The number of nitrogens with two attached hydrogens (primary N) is 1. The molecule has 2 aromatic carbocycles. The maximum atomic E-state index is 14.2. The summed E-state index contributed by atoms with van der Waals surface area (Å²) in [7, 11) is -6.93. The second kappa shape index (κ2) is 11.7. The summed E-state index contributed by atoms with van der Waals surface area (Å²) in [5.41, 5.74) is 8.11. The number of ether oxygens (including phenoxy) is 2. The minimum atomic E-state index is -4.47. The minimum Gasteiger partial charge on any atom is -0.480 e. The number of morpholine rings is 1. The Morgan fingerprint density at radius 1 is 1.02 bits per heavy atom. The Balaban J connectivity index is 1.43. The first-order valence-corrected chi connectivity index (χ1v) is 15.4. The molecule has 2 aromatic heterocycles. The number of pyridine rings is 2. The highest BCUT2D eigenvalue weighted by atomic mass is 32.2. The molecule has 0 unspecified atom stereocenters. The van der Waals surface area contributed by atoms with Crippen molar-refractivity contribution in [2.24, 2.45) is 0 Å². The van der Waals surface area contributed by atoms with Gasteiger partial charge in [-0.1, -0.05) is 6.07 Å². The maximum Gasteiger partial charge on any atom is 0.279 e. The van der Waals surface area contributed by atoms with Crippen molar-refractivity contribution >= 4 is 42.6 Å². The van der Waals surface area contributed by atoms with Gasteiger partial charge < -0.3 is 15.2 Å². The van der Waals surface area contributed by atoms with Crippen LogP contribution in [0.4, 0.5) is 20.3 Å². The highest BCUT2D eigenvalue weighted by Crippen LogP contribution is 2.32. The topological polar surface area (TPSA) is 166 Å². The summed E-state index contributed by atoms with van der Waals surface area (Å²) in [6.07, 6.45) is 1.46. The molecular formula is C26H26F2N6O6S2. The second-order valence-corrected chi connectivity index (χ2v) is 12.6. The molecule has 0 spiro atoms. The van der Waals surface area contributed by atoms with E-state index in [1.165, 1.54) is 23.7 Å². The van der Waals surface area contributed by atoms with Gasteiger partial charge in [-0.15, -0.1) is 0 Å². The predicted octanol–water partition coefficient (Wildman–Crippen LogP) is 2.63. The van der Waals surface area contributed by atoms with Crippen molar-refractivity contribution in [2.45, 2.75) is 11.4 Å². The van der Waals surface area contributed by atoms with E-state index in [9.17, 15) is 25.6 Å². The molecule has 16 heteroatoms. The third-order valence-electron chi connectivity index (χ3n) is 6.49. The monoisotopic (exact) mass is 620 g/mol. The lowest BCUT2D eigenvalue weighted by molar-refractivity contribution is 0.0725. The van der Waals surface area contributed by atoms with E-state index in [2.05, 4.69) is 19.4 Å². The number of hydrogen-bond acceptors (Lipinski definition) is 9. The van der Waals surface area contributed by atoms with Gasteiger partial charge in [0.05, 0.1) is 25.8 Å². The van der Waals surface area contributed by atoms with E-state index in [0.29, 0.717) is 46.9 Å². The molecule has 1 saturated heterocycles. The highest BCUT2D eigenvalue weighted by Gasteiger charge is 2.25. The van der Waals surface area contributed by atoms with Crippen LogP contribution in [0.3, 0.4) is 0 Å². The van der Waals surface area contributed by atoms with Gasteiger partial charge >= 0.3 is 0 Å². The zero-order chi connectivity index (χ0) is 30.1. The smallest absolute Gasteiger partial charge is 0.279 e. The van der Waals surface area contributed by atoms with Gasteiger partial charge in [-0.05, 0) is 42.0 Å². The Bertz CT molecular complexity index is 1870. The van der Waals surface area contributed by atoms with Gasteiger partial charge in [-0.3, -0.25) is 4.72 Å². The molecule has 0 radical (unpaired) electrons. The molecule has 4 aromatic rings. The van der Waals surface area contributed by atoms with Gasteiger partial charge in [-0.2, -0.15) is 17.4 Å². The Hall–Kier alpha value is -3.96. The van der Waals surface area contributed by atoms with Crippen LogP contribution in [0.25, 0.3) is 22.0 Å². The first-order valence-electron chi connectivity index (χ1n) is 12.5. The summed E-state index contributed by atoms with van der Waals surface area (Å²) in [6, 6.07) is 10.5. The van der Waals surface area contributed by atoms with Crippen molar-refractivity contribution < 1.29 is 35.1 Å². The zero-order valence-electron chi connectivity index (χ0n) is 22.2. The number of nitrogen functional groups attached to an aromatic ring is 1. The van der Waals surface area contributed by atoms with Crippen molar-refractivity contribution in [2.75, 3.05) is 43.9 Å². The molecule has 0 aliphatic carbocycles. The van der Waals surface area contributed by atoms with Crippen LogP contribution in [0.1, 0.15) is 5.56 Å². The van der Waals surface area contributed by atoms with E-state index in [4.69, 9.17) is 15.2 Å². The lowest BCUT2D eigenvalue weighted by Gasteiger charge is -2.26. The number of nitrogens with one attached hydrogen (secondary N) is 2. The fraction of sp³-hybridized carbons (Fsp3) is 0.231. The van der Waals surface area contributed by atoms with Crippen molar-refractivity contribution in [1.29, 1.82) is 0 Å². The molecule has 1 aliphatic rings. The SMILES string of the molecule is COc1ncc(-c2ccc3nc(N)c(CNS(=O)(=O)N4CCOCC4)cc3c2)cc1NS(=O)(=O)c1ccc(F)cc1F. The quantitative estimate of drug-likeness (QED) is 0.255. The predicted molar refractivity (Wildman–Crippen MR) is 151 cm³/mol. The molecule has 0 amide bonds. The summed E-state index contributed by atoms with van der Waals surface area (Å²) in [6.45, 7) is 1.04. The standard InChI is InChI=1S/C26H26F2N6O6S2/c1-39-26-23(33-41(35,36)24-5-3-20(27)13-21(24)28)12-18(14-30-26)16-2-4-22-17(10-16)11-19(25(29)32-22)15-31-42(37,38)34-6-8-40-9-7-34/h2-5,10-14,31,33H,6-9,15H2,1H3,(H2,29,32). The lowest BCUT2D eigenvalue weighted by atomic mass is 10.0. The summed E-state index contributed by atoms with van der Waals surface area (Å²) >= 11 is 0. The molecule has 1 fully saturated rings. The summed E-state index contributed by atoms with van der Waals surface area (Å²) < 4.78 is 95.2. The van der Waals surface area contributed by atoms with E-state index in [-0.39, 0.29) is 37.0 Å². The number of sulfonamides is 1. The zero-order valence-corrected chi connectivity index (χ0v) is 23.8. The molecule has 0 saturated carbocycles. The highest BCUT2D eigenvalue weighted by molar-refractivity contribution is 7.92. The van der Waals surface area contributed by atoms with Gasteiger partial charge in [0.25, 0.3) is 20.2 Å². The summed E-state index contributed by atoms with van der Waals surface area (Å²) in [5, 5.41) is 0.633. The average Bonchev–Trinajstić information content (AvgIpc) is 2.96. The molecule has 5 rings (SSSR count). The van der Waals surface area contributed by atoms with E-state index in [0.717, 1.165) is 12.1 Å². The van der Waals surface area contributed by atoms with E-state index in [1.807, 2.05) is 0 Å². The third-order valence-corrected chi connectivity index (χ3v) is 9.44. The van der Waals surface area contributed by atoms with E-state index >= 15 is 0 Å². The molecule has 222 valence electrons. The Kier molecular flexibility index (Phi) is 8.25.